The Morgan fingerprint density at radius 3 is 2.83 bits per heavy atom. The van der Waals surface area contributed by atoms with E-state index in [0.717, 1.165) is 24.4 Å². The van der Waals surface area contributed by atoms with Crippen molar-refractivity contribution in [3.05, 3.63) is 53.2 Å². The molecular formula is C17H19N3O4. The zero-order valence-electron chi connectivity index (χ0n) is 13.4. The van der Waals surface area contributed by atoms with Gasteiger partial charge in [-0.3, -0.25) is 14.9 Å². The molecule has 2 N–H and O–H groups in total. The van der Waals surface area contributed by atoms with Crippen LogP contribution in [0.4, 0.5) is 0 Å². The number of fused-ring (bicyclic) bond motifs is 1. The van der Waals surface area contributed by atoms with E-state index in [1.54, 1.807) is 24.7 Å². The largest absolute Gasteiger partial charge is 0.497 e. The lowest BCUT2D eigenvalue weighted by atomic mass is 10.1. The summed E-state index contributed by atoms with van der Waals surface area (Å²) >= 11 is 0. The van der Waals surface area contributed by atoms with E-state index in [9.17, 15) is 4.79 Å². The zero-order valence-corrected chi connectivity index (χ0v) is 13.4. The molecule has 0 saturated heterocycles. The van der Waals surface area contributed by atoms with Crippen molar-refractivity contribution in [3.63, 3.8) is 0 Å². The topological polar surface area (TPSA) is 83.9 Å². The minimum atomic E-state index is -0.652. The molecule has 7 nitrogen and oxygen atoms in total. The fourth-order valence-electron chi connectivity index (χ4n) is 2.61. The second-order valence-electron chi connectivity index (χ2n) is 5.51. The molecule has 0 saturated carbocycles. The second kappa shape index (κ2) is 7.29. The molecule has 0 spiro atoms. The summed E-state index contributed by atoms with van der Waals surface area (Å²) in [5.41, 5.74) is 3.80. The third-order valence-electron chi connectivity index (χ3n) is 3.88. The molecule has 1 aromatic carbocycles. The monoisotopic (exact) mass is 329 g/mol. The van der Waals surface area contributed by atoms with Crippen molar-refractivity contribution in [2.75, 3.05) is 20.3 Å². The quantitative estimate of drug-likeness (QED) is 0.655. The number of methoxy groups -OCH3 is 1. The van der Waals surface area contributed by atoms with Crippen molar-refractivity contribution in [1.82, 2.24) is 15.4 Å². The van der Waals surface area contributed by atoms with Crippen molar-refractivity contribution in [1.29, 1.82) is 0 Å². The summed E-state index contributed by atoms with van der Waals surface area (Å²) < 4.78 is 10.8. The molecule has 2 heterocycles. The van der Waals surface area contributed by atoms with E-state index in [1.807, 2.05) is 24.3 Å². The van der Waals surface area contributed by atoms with Gasteiger partial charge in [0.2, 0.25) is 5.88 Å². The molecule has 7 heteroatoms. The summed E-state index contributed by atoms with van der Waals surface area (Å²) in [6.07, 6.45) is 0. The predicted octanol–water partition coefficient (Wildman–Crippen LogP) is 1.60. The summed E-state index contributed by atoms with van der Waals surface area (Å²) in [6.45, 7) is 2.70. The second-order valence-corrected chi connectivity index (χ2v) is 5.51. The van der Waals surface area contributed by atoms with Crippen LogP contribution in [0.2, 0.25) is 0 Å². The summed E-state index contributed by atoms with van der Waals surface area (Å²) in [5.74, 6) is 0.622. The summed E-state index contributed by atoms with van der Waals surface area (Å²) in [6, 6.07) is 11.3. The van der Waals surface area contributed by atoms with Crippen LogP contribution >= 0.6 is 0 Å². The third-order valence-corrected chi connectivity index (χ3v) is 3.88. The van der Waals surface area contributed by atoms with Crippen LogP contribution in [0.1, 0.15) is 21.6 Å². The molecule has 24 heavy (non-hydrogen) atoms. The number of hydroxylamine groups is 1. The number of nitrogens with zero attached hydrogens (tertiary/aromatic N) is 2. The molecule has 0 radical (unpaired) electrons. The lowest BCUT2D eigenvalue weighted by Crippen LogP contribution is -2.25. The van der Waals surface area contributed by atoms with Gasteiger partial charge in [0.1, 0.15) is 18.1 Å². The SMILES string of the molecule is COc1ccc(CN2CCOc3nc(C(=O)NO)ccc3C2)cc1. The maximum absolute atomic E-state index is 11.4. The van der Waals surface area contributed by atoms with Crippen molar-refractivity contribution < 1.29 is 19.5 Å². The van der Waals surface area contributed by atoms with E-state index < -0.39 is 5.91 Å². The van der Waals surface area contributed by atoms with Gasteiger partial charge in [0, 0.05) is 25.2 Å². The number of rotatable bonds is 4. The van der Waals surface area contributed by atoms with E-state index in [4.69, 9.17) is 14.7 Å². The molecule has 2 aromatic rings. The van der Waals surface area contributed by atoms with Gasteiger partial charge in [-0.05, 0) is 29.8 Å². The normalized spacial score (nSPS) is 14.2. The Hall–Kier alpha value is -2.64. The van der Waals surface area contributed by atoms with Gasteiger partial charge >= 0.3 is 0 Å². The van der Waals surface area contributed by atoms with Gasteiger partial charge < -0.3 is 9.47 Å². The van der Waals surface area contributed by atoms with E-state index in [1.165, 1.54) is 5.56 Å². The number of ether oxygens (including phenoxy) is 2. The number of carbonyl (C=O) groups is 1. The van der Waals surface area contributed by atoms with Crippen LogP contribution in [0.15, 0.2) is 36.4 Å². The minimum absolute atomic E-state index is 0.125. The average Bonchev–Trinajstić information content (AvgIpc) is 2.82. The third kappa shape index (κ3) is 3.64. The van der Waals surface area contributed by atoms with Crippen molar-refractivity contribution in [3.8, 4) is 11.6 Å². The van der Waals surface area contributed by atoms with Crippen LogP contribution in [0.3, 0.4) is 0 Å². The first-order valence-electron chi connectivity index (χ1n) is 7.62. The number of amides is 1. The number of pyridine rings is 1. The van der Waals surface area contributed by atoms with Crippen molar-refractivity contribution >= 4 is 5.91 Å². The number of nitrogens with one attached hydrogen (secondary N) is 1. The maximum atomic E-state index is 11.4. The standard InChI is InChI=1S/C17H19N3O4/c1-23-14-5-2-12(3-6-14)10-20-8-9-24-17-13(11-20)4-7-15(18-17)16(21)19-22/h2-7,22H,8-11H2,1H3,(H,19,21). The van der Waals surface area contributed by atoms with E-state index >= 15 is 0 Å². The van der Waals surface area contributed by atoms with Crippen LogP contribution in [0.5, 0.6) is 11.6 Å². The molecule has 3 rings (SSSR count). The van der Waals surface area contributed by atoms with Gasteiger partial charge in [-0.2, -0.15) is 0 Å². The van der Waals surface area contributed by atoms with Crippen molar-refractivity contribution in [2.24, 2.45) is 0 Å². The summed E-state index contributed by atoms with van der Waals surface area (Å²) in [5, 5.41) is 8.69. The fraction of sp³-hybridized carbons (Fsp3) is 0.294. The molecule has 1 aliphatic rings. The molecule has 1 aromatic heterocycles. The van der Waals surface area contributed by atoms with Crippen LogP contribution in [0.25, 0.3) is 0 Å². The van der Waals surface area contributed by atoms with Gasteiger partial charge in [0.15, 0.2) is 0 Å². The smallest absolute Gasteiger partial charge is 0.293 e. The van der Waals surface area contributed by atoms with Crippen LogP contribution in [-0.2, 0) is 13.1 Å². The summed E-state index contributed by atoms with van der Waals surface area (Å²) in [4.78, 5) is 17.9. The van der Waals surface area contributed by atoms with Crippen molar-refractivity contribution in [2.45, 2.75) is 13.1 Å². The Kier molecular flexibility index (Phi) is 4.93. The minimum Gasteiger partial charge on any atom is -0.497 e. The highest BCUT2D eigenvalue weighted by Gasteiger charge is 2.18. The highest BCUT2D eigenvalue weighted by Crippen LogP contribution is 2.23. The Morgan fingerprint density at radius 2 is 2.12 bits per heavy atom. The summed E-state index contributed by atoms with van der Waals surface area (Å²) in [7, 11) is 1.65. The average molecular weight is 329 g/mol. The van der Waals surface area contributed by atoms with Crippen LogP contribution in [-0.4, -0.2) is 41.3 Å². The first-order valence-corrected chi connectivity index (χ1v) is 7.62. The van der Waals surface area contributed by atoms with E-state index in [-0.39, 0.29) is 5.69 Å². The number of hydrogen-bond donors (Lipinski definition) is 2. The highest BCUT2D eigenvalue weighted by atomic mass is 16.5. The molecule has 0 unspecified atom stereocenters. The molecule has 0 bridgehead atoms. The molecule has 1 aliphatic heterocycles. The molecule has 126 valence electrons. The first kappa shape index (κ1) is 16.2. The van der Waals surface area contributed by atoms with Gasteiger partial charge in [-0.25, -0.2) is 10.5 Å². The van der Waals surface area contributed by atoms with Gasteiger partial charge in [0.25, 0.3) is 5.91 Å². The number of benzene rings is 1. The Balaban J connectivity index is 1.73. The number of carbonyl (C=O) groups excluding carboxylic acids is 1. The fourth-order valence-corrected chi connectivity index (χ4v) is 2.61. The first-order chi connectivity index (χ1) is 11.7. The zero-order chi connectivity index (χ0) is 16.9. The van der Waals surface area contributed by atoms with Crippen LogP contribution < -0.4 is 15.0 Å². The Morgan fingerprint density at radius 1 is 1.33 bits per heavy atom. The maximum Gasteiger partial charge on any atom is 0.293 e. The molecular weight excluding hydrogens is 310 g/mol. The van der Waals surface area contributed by atoms with Crippen LogP contribution in [0, 0.1) is 0 Å². The van der Waals surface area contributed by atoms with E-state index in [2.05, 4.69) is 9.88 Å². The number of hydrogen-bond acceptors (Lipinski definition) is 6. The molecule has 0 aliphatic carbocycles. The number of aromatic nitrogens is 1. The van der Waals surface area contributed by atoms with Gasteiger partial charge in [-0.15, -0.1) is 0 Å². The van der Waals surface area contributed by atoms with E-state index in [0.29, 0.717) is 19.0 Å². The molecule has 1 amide bonds. The lowest BCUT2D eigenvalue weighted by Gasteiger charge is -2.19. The molecule has 0 atom stereocenters. The lowest BCUT2D eigenvalue weighted by molar-refractivity contribution is 0.0699. The predicted molar refractivity (Wildman–Crippen MR) is 86.1 cm³/mol. The van der Waals surface area contributed by atoms with Gasteiger partial charge in [-0.1, -0.05) is 12.1 Å². The highest BCUT2D eigenvalue weighted by molar-refractivity contribution is 5.91. The Bertz CT molecular complexity index is 718. The molecule has 0 fully saturated rings. The Labute approximate surface area is 139 Å². The van der Waals surface area contributed by atoms with Gasteiger partial charge in [0.05, 0.1) is 7.11 Å².